The average molecular weight is 283 g/mol. The Bertz CT molecular complexity index is 335. The fraction of sp³-hybridized carbons (Fsp3) is 0.857. The SMILES string of the molecule is COCC(=O)N1CCC(NC(=O)C2CCCCN2)CC1. The summed E-state index contributed by atoms with van der Waals surface area (Å²) in [5.74, 6) is 0.151. The Morgan fingerprint density at radius 2 is 2.00 bits per heavy atom. The van der Waals surface area contributed by atoms with Crippen LogP contribution < -0.4 is 10.6 Å². The number of nitrogens with one attached hydrogen (secondary N) is 2. The average Bonchev–Trinajstić information content (AvgIpc) is 2.49. The van der Waals surface area contributed by atoms with E-state index < -0.39 is 0 Å². The summed E-state index contributed by atoms with van der Waals surface area (Å²) < 4.78 is 4.86. The monoisotopic (exact) mass is 283 g/mol. The molecule has 0 aliphatic carbocycles. The van der Waals surface area contributed by atoms with Crippen LogP contribution in [0.25, 0.3) is 0 Å². The summed E-state index contributed by atoms with van der Waals surface area (Å²) in [5.41, 5.74) is 0. The molecule has 2 saturated heterocycles. The maximum Gasteiger partial charge on any atom is 0.248 e. The van der Waals surface area contributed by atoms with Gasteiger partial charge in [-0.1, -0.05) is 6.42 Å². The minimum atomic E-state index is -0.0306. The first-order valence-corrected chi connectivity index (χ1v) is 7.51. The van der Waals surface area contributed by atoms with Gasteiger partial charge in [0.15, 0.2) is 0 Å². The number of carbonyl (C=O) groups is 2. The Balaban J connectivity index is 1.71. The number of carbonyl (C=O) groups excluding carboxylic acids is 2. The topological polar surface area (TPSA) is 70.7 Å². The van der Waals surface area contributed by atoms with Gasteiger partial charge in [0.1, 0.15) is 6.61 Å². The Morgan fingerprint density at radius 1 is 1.25 bits per heavy atom. The van der Waals surface area contributed by atoms with Crippen LogP contribution in [0.5, 0.6) is 0 Å². The number of likely N-dealkylation sites (tertiary alicyclic amines) is 1. The van der Waals surface area contributed by atoms with Crippen molar-refractivity contribution in [2.45, 2.75) is 44.2 Å². The summed E-state index contributed by atoms with van der Waals surface area (Å²) in [6.07, 6.45) is 4.86. The second kappa shape index (κ2) is 7.59. The second-order valence-corrected chi connectivity index (χ2v) is 5.60. The highest BCUT2D eigenvalue weighted by molar-refractivity contribution is 5.82. The predicted molar refractivity (Wildman–Crippen MR) is 75.3 cm³/mol. The van der Waals surface area contributed by atoms with Gasteiger partial charge < -0.3 is 20.3 Å². The Labute approximate surface area is 120 Å². The molecule has 1 unspecified atom stereocenters. The number of ether oxygens (including phenoxy) is 1. The molecule has 0 aromatic rings. The van der Waals surface area contributed by atoms with Gasteiger partial charge in [0.05, 0.1) is 6.04 Å². The van der Waals surface area contributed by atoms with Crippen molar-refractivity contribution in [3.8, 4) is 0 Å². The molecule has 6 nitrogen and oxygen atoms in total. The fourth-order valence-corrected chi connectivity index (χ4v) is 2.87. The molecule has 0 bridgehead atoms. The first-order chi connectivity index (χ1) is 9.70. The van der Waals surface area contributed by atoms with Gasteiger partial charge in [-0.25, -0.2) is 0 Å². The maximum atomic E-state index is 12.1. The molecule has 2 fully saturated rings. The number of nitrogens with zero attached hydrogens (tertiary/aromatic N) is 1. The van der Waals surface area contributed by atoms with E-state index in [4.69, 9.17) is 4.74 Å². The first-order valence-electron chi connectivity index (χ1n) is 7.51. The van der Waals surface area contributed by atoms with Crippen molar-refractivity contribution in [3.63, 3.8) is 0 Å². The van der Waals surface area contributed by atoms with E-state index in [0.29, 0.717) is 13.1 Å². The largest absolute Gasteiger partial charge is 0.375 e. The predicted octanol–water partition coefficient (Wildman–Crippen LogP) is -0.118. The van der Waals surface area contributed by atoms with E-state index in [-0.39, 0.29) is 30.5 Å². The highest BCUT2D eigenvalue weighted by Crippen LogP contribution is 2.12. The van der Waals surface area contributed by atoms with Crippen LogP contribution >= 0.6 is 0 Å². The lowest BCUT2D eigenvalue weighted by molar-refractivity contribution is -0.136. The summed E-state index contributed by atoms with van der Waals surface area (Å²) in [7, 11) is 1.53. The minimum absolute atomic E-state index is 0.0306. The molecular formula is C14H25N3O3. The van der Waals surface area contributed by atoms with Gasteiger partial charge in [0.25, 0.3) is 0 Å². The highest BCUT2D eigenvalue weighted by atomic mass is 16.5. The zero-order valence-corrected chi connectivity index (χ0v) is 12.2. The quantitative estimate of drug-likeness (QED) is 0.755. The van der Waals surface area contributed by atoms with E-state index in [1.54, 1.807) is 0 Å². The van der Waals surface area contributed by atoms with E-state index in [1.165, 1.54) is 7.11 Å². The van der Waals surface area contributed by atoms with Crippen molar-refractivity contribution >= 4 is 11.8 Å². The van der Waals surface area contributed by atoms with Crippen molar-refractivity contribution in [1.82, 2.24) is 15.5 Å². The molecular weight excluding hydrogens is 258 g/mol. The van der Waals surface area contributed by atoms with Gasteiger partial charge in [-0.15, -0.1) is 0 Å². The van der Waals surface area contributed by atoms with Crippen LogP contribution in [0.15, 0.2) is 0 Å². The molecule has 2 rings (SSSR count). The van der Waals surface area contributed by atoms with Crippen LogP contribution in [0, 0.1) is 0 Å². The van der Waals surface area contributed by atoms with Gasteiger partial charge >= 0.3 is 0 Å². The Morgan fingerprint density at radius 3 is 2.60 bits per heavy atom. The van der Waals surface area contributed by atoms with Gasteiger partial charge in [-0.2, -0.15) is 0 Å². The van der Waals surface area contributed by atoms with E-state index in [9.17, 15) is 9.59 Å². The van der Waals surface area contributed by atoms with Gasteiger partial charge in [0.2, 0.25) is 11.8 Å². The molecule has 0 radical (unpaired) electrons. The molecule has 1 atom stereocenters. The van der Waals surface area contributed by atoms with Gasteiger partial charge in [-0.05, 0) is 32.2 Å². The van der Waals surface area contributed by atoms with Crippen LogP contribution in [0.4, 0.5) is 0 Å². The molecule has 0 aromatic carbocycles. The summed E-state index contributed by atoms with van der Waals surface area (Å²) in [6, 6.07) is 0.162. The molecule has 114 valence electrons. The van der Waals surface area contributed by atoms with Gasteiger partial charge in [0, 0.05) is 26.2 Å². The summed E-state index contributed by atoms with van der Waals surface area (Å²) in [6.45, 7) is 2.47. The van der Waals surface area contributed by atoms with Crippen molar-refractivity contribution < 1.29 is 14.3 Å². The summed E-state index contributed by atoms with van der Waals surface area (Å²) in [5, 5.41) is 6.37. The van der Waals surface area contributed by atoms with E-state index in [1.807, 2.05) is 4.90 Å². The van der Waals surface area contributed by atoms with Crippen molar-refractivity contribution in [2.24, 2.45) is 0 Å². The number of amides is 2. The van der Waals surface area contributed by atoms with E-state index in [2.05, 4.69) is 10.6 Å². The zero-order chi connectivity index (χ0) is 14.4. The lowest BCUT2D eigenvalue weighted by Crippen LogP contribution is -2.52. The molecule has 2 aliphatic heterocycles. The molecule has 2 aliphatic rings. The Hall–Kier alpha value is -1.14. The second-order valence-electron chi connectivity index (χ2n) is 5.60. The molecule has 0 saturated carbocycles. The lowest BCUT2D eigenvalue weighted by atomic mass is 10.0. The zero-order valence-electron chi connectivity index (χ0n) is 12.2. The first kappa shape index (κ1) is 15.3. The number of methoxy groups -OCH3 is 1. The minimum Gasteiger partial charge on any atom is -0.375 e. The molecule has 20 heavy (non-hydrogen) atoms. The smallest absolute Gasteiger partial charge is 0.248 e. The molecule has 6 heteroatoms. The van der Waals surface area contributed by atoms with Crippen molar-refractivity contribution in [1.29, 1.82) is 0 Å². The Kier molecular flexibility index (Phi) is 5.79. The van der Waals surface area contributed by atoms with Crippen molar-refractivity contribution in [2.75, 3.05) is 33.4 Å². The van der Waals surface area contributed by atoms with Crippen LogP contribution in [0.1, 0.15) is 32.1 Å². The summed E-state index contributed by atoms with van der Waals surface area (Å²) >= 11 is 0. The third-order valence-corrected chi connectivity index (χ3v) is 4.09. The maximum absolute atomic E-state index is 12.1. The highest BCUT2D eigenvalue weighted by Gasteiger charge is 2.26. The molecule has 0 aromatic heterocycles. The molecule has 2 heterocycles. The summed E-state index contributed by atoms with van der Waals surface area (Å²) in [4.78, 5) is 25.6. The fourth-order valence-electron chi connectivity index (χ4n) is 2.87. The number of piperidine rings is 2. The van der Waals surface area contributed by atoms with Crippen molar-refractivity contribution in [3.05, 3.63) is 0 Å². The van der Waals surface area contributed by atoms with Crippen LogP contribution in [-0.2, 0) is 14.3 Å². The molecule has 2 N–H and O–H groups in total. The number of hydrogen-bond donors (Lipinski definition) is 2. The number of rotatable bonds is 4. The standard InChI is InChI=1S/C14H25N3O3/c1-20-10-13(18)17-8-5-11(6-9-17)16-14(19)12-4-2-3-7-15-12/h11-12,15H,2-10H2,1H3,(H,16,19). The van der Waals surface area contributed by atoms with E-state index >= 15 is 0 Å². The van der Waals surface area contributed by atoms with Gasteiger partial charge in [-0.3, -0.25) is 9.59 Å². The van der Waals surface area contributed by atoms with E-state index in [0.717, 1.165) is 38.6 Å². The third kappa shape index (κ3) is 4.18. The third-order valence-electron chi connectivity index (χ3n) is 4.09. The normalized spacial score (nSPS) is 24.4. The van der Waals surface area contributed by atoms with Crippen LogP contribution in [0.2, 0.25) is 0 Å². The van der Waals surface area contributed by atoms with Crippen LogP contribution in [-0.4, -0.2) is 62.1 Å². The molecule has 2 amide bonds. The molecule has 0 spiro atoms. The van der Waals surface area contributed by atoms with Crippen LogP contribution in [0.3, 0.4) is 0 Å². The lowest BCUT2D eigenvalue weighted by Gasteiger charge is -2.33. The number of hydrogen-bond acceptors (Lipinski definition) is 4.